The molecule has 0 saturated carbocycles. The van der Waals surface area contributed by atoms with Crippen LogP contribution in [0.4, 0.5) is 10.5 Å². The van der Waals surface area contributed by atoms with Gasteiger partial charge >= 0.3 is 12.1 Å². The number of hydrogen-bond acceptors (Lipinski definition) is 4. The molecule has 0 spiro atoms. The van der Waals surface area contributed by atoms with Crippen LogP contribution in [0.2, 0.25) is 0 Å². The number of carboxylic acid groups (broad SMARTS) is 1. The molecule has 1 aromatic carbocycles. The lowest BCUT2D eigenvalue weighted by molar-refractivity contribution is -0.131. The van der Waals surface area contributed by atoms with Crippen LogP contribution in [-0.4, -0.2) is 30.4 Å². The van der Waals surface area contributed by atoms with E-state index in [9.17, 15) is 9.59 Å². The Morgan fingerprint density at radius 1 is 1.35 bits per heavy atom. The Balaban J connectivity index is 2.94. The van der Waals surface area contributed by atoms with E-state index in [2.05, 4.69) is 5.32 Å². The summed E-state index contributed by atoms with van der Waals surface area (Å²) in [5.41, 5.74) is 1.03. The molecular formula is C14H17NO5. The number of methoxy groups -OCH3 is 1. The lowest BCUT2D eigenvalue weighted by atomic mass is 10.1. The van der Waals surface area contributed by atoms with Crippen LogP contribution in [0.3, 0.4) is 0 Å². The van der Waals surface area contributed by atoms with Crippen LogP contribution in [0.5, 0.6) is 5.75 Å². The molecule has 0 aliphatic heterocycles. The maximum absolute atomic E-state index is 11.6. The summed E-state index contributed by atoms with van der Waals surface area (Å²) < 4.78 is 10.1. The van der Waals surface area contributed by atoms with E-state index < -0.39 is 12.1 Å². The number of nitrogens with one attached hydrogen (secondary N) is 1. The van der Waals surface area contributed by atoms with Gasteiger partial charge in [0.15, 0.2) is 0 Å². The average Bonchev–Trinajstić information content (AvgIpc) is 2.35. The van der Waals surface area contributed by atoms with Gasteiger partial charge < -0.3 is 14.6 Å². The Hall–Kier alpha value is -2.50. The fourth-order valence-electron chi connectivity index (χ4n) is 1.45. The van der Waals surface area contributed by atoms with Gasteiger partial charge in [-0.15, -0.1) is 0 Å². The van der Waals surface area contributed by atoms with E-state index in [0.29, 0.717) is 17.0 Å². The van der Waals surface area contributed by atoms with Crippen molar-refractivity contribution < 1.29 is 24.2 Å². The fraction of sp³-hybridized carbons (Fsp3) is 0.286. The van der Waals surface area contributed by atoms with Gasteiger partial charge in [-0.3, -0.25) is 5.32 Å². The number of carbonyl (C=O) groups excluding carboxylic acids is 1. The van der Waals surface area contributed by atoms with Crippen molar-refractivity contribution in [2.75, 3.05) is 12.4 Å². The van der Waals surface area contributed by atoms with Crippen molar-refractivity contribution in [3.8, 4) is 5.75 Å². The fourth-order valence-corrected chi connectivity index (χ4v) is 1.45. The third kappa shape index (κ3) is 5.01. The first kappa shape index (κ1) is 15.6. The van der Waals surface area contributed by atoms with Crippen molar-refractivity contribution in [3.63, 3.8) is 0 Å². The maximum atomic E-state index is 11.6. The van der Waals surface area contributed by atoms with E-state index in [0.717, 1.165) is 6.08 Å². The monoisotopic (exact) mass is 279 g/mol. The van der Waals surface area contributed by atoms with E-state index in [1.807, 2.05) is 0 Å². The highest BCUT2D eigenvalue weighted by Gasteiger charge is 2.10. The van der Waals surface area contributed by atoms with Crippen molar-refractivity contribution in [2.24, 2.45) is 0 Å². The topological polar surface area (TPSA) is 84.9 Å². The minimum atomic E-state index is -1.05. The third-order valence-electron chi connectivity index (χ3n) is 2.22. The van der Waals surface area contributed by atoms with Gasteiger partial charge in [0.25, 0.3) is 0 Å². The molecule has 0 radical (unpaired) electrons. The number of amides is 1. The van der Waals surface area contributed by atoms with E-state index in [1.54, 1.807) is 32.0 Å². The molecule has 0 unspecified atom stereocenters. The summed E-state index contributed by atoms with van der Waals surface area (Å²) >= 11 is 0. The van der Waals surface area contributed by atoms with Crippen LogP contribution in [0.15, 0.2) is 24.3 Å². The number of anilines is 1. The first-order valence-electron chi connectivity index (χ1n) is 5.99. The van der Waals surface area contributed by atoms with Crippen molar-refractivity contribution >= 4 is 23.8 Å². The van der Waals surface area contributed by atoms with Gasteiger partial charge in [-0.2, -0.15) is 0 Å². The molecule has 1 rings (SSSR count). The number of benzene rings is 1. The summed E-state index contributed by atoms with van der Waals surface area (Å²) in [6.07, 6.45) is 1.59. The highest BCUT2D eigenvalue weighted by molar-refractivity contribution is 5.89. The molecule has 6 nitrogen and oxygen atoms in total. The van der Waals surface area contributed by atoms with Gasteiger partial charge in [0.05, 0.1) is 18.9 Å². The van der Waals surface area contributed by atoms with Gasteiger partial charge in [-0.1, -0.05) is 6.07 Å². The molecule has 0 atom stereocenters. The van der Waals surface area contributed by atoms with Gasteiger partial charge in [0.1, 0.15) is 5.75 Å². The Morgan fingerprint density at radius 3 is 2.60 bits per heavy atom. The first-order valence-corrected chi connectivity index (χ1v) is 5.99. The van der Waals surface area contributed by atoms with Crippen molar-refractivity contribution in [1.82, 2.24) is 0 Å². The molecule has 0 fully saturated rings. The Morgan fingerprint density at radius 2 is 2.05 bits per heavy atom. The maximum Gasteiger partial charge on any atom is 0.411 e. The summed E-state index contributed by atoms with van der Waals surface area (Å²) in [7, 11) is 1.47. The Kier molecular flexibility index (Phi) is 5.58. The first-order chi connectivity index (χ1) is 9.42. The summed E-state index contributed by atoms with van der Waals surface area (Å²) in [6, 6.07) is 4.91. The molecule has 0 heterocycles. The molecule has 2 N–H and O–H groups in total. The summed E-state index contributed by atoms with van der Waals surface area (Å²) in [5.74, 6) is -0.590. The number of carboxylic acids is 1. The molecule has 20 heavy (non-hydrogen) atoms. The standard InChI is InChI=1S/C14H17NO5/c1-9(2)20-14(18)15-11-8-10(5-7-13(16)17)4-6-12(11)19-3/h4-9H,1-3H3,(H,15,18)(H,16,17). The molecule has 0 saturated heterocycles. The van der Waals surface area contributed by atoms with E-state index in [-0.39, 0.29) is 6.10 Å². The second-order valence-corrected chi connectivity index (χ2v) is 4.21. The van der Waals surface area contributed by atoms with Crippen molar-refractivity contribution in [1.29, 1.82) is 0 Å². The summed E-state index contributed by atoms with van der Waals surface area (Å²) in [4.78, 5) is 22.0. The number of ether oxygens (including phenoxy) is 2. The number of carbonyl (C=O) groups is 2. The zero-order valence-corrected chi connectivity index (χ0v) is 11.5. The second kappa shape index (κ2) is 7.18. The molecule has 0 aliphatic rings. The molecule has 6 heteroatoms. The van der Waals surface area contributed by atoms with Gasteiger partial charge in [0, 0.05) is 6.08 Å². The lowest BCUT2D eigenvalue weighted by Gasteiger charge is -2.12. The summed E-state index contributed by atoms with van der Waals surface area (Å²) in [6.45, 7) is 3.48. The van der Waals surface area contributed by atoms with E-state index in [1.165, 1.54) is 13.2 Å². The van der Waals surface area contributed by atoms with E-state index >= 15 is 0 Å². The highest BCUT2D eigenvalue weighted by atomic mass is 16.6. The number of hydrogen-bond donors (Lipinski definition) is 2. The quantitative estimate of drug-likeness (QED) is 0.809. The normalized spacial score (nSPS) is 10.6. The van der Waals surface area contributed by atoms with Gasteiger partial charge in [-0.25, -0.2) is 9.59 Å². The van der Waals surface area contributed by atoms with Crippen LogP contribution in [0.1, 0.15) is 19.4 Å². The molecule has 1 amide bonds. The molecule has 0 aromatic heterocycles. The smallest absolute Gasteiger partial charge is 0.411 e. The third-order valence-corrected chi connectivity index (χ3v) is 2.22. The molecule has 0 aliphatic carbocycles. The van der Waals surface area contributed by atoms with Gasteiger partial charge in [0.2, 0.25) is 0 Å². The minimum absolute atomic E-state index is 0.240. The molecule has 1 aromatic rings. The highest BCUT2D eigenvalue weighted by Crippen LogP contribution is 2.26. The van der Waals surface area contributed by atoms with Gasteiger partial charge in [-0.05, 0) is 37.6 Å². The van der Waals surface area contributed by atoms with Crippen LogP contribution in [-0.2, 0) is 9.53 Å². The van der Waals surface area contributed by atoms with Crippen LogP contribution < -0.4 is 10.1 Å². The van der Waals surface area contributed by atoms with E-state index in [4.69, 9.17) is 14.6 Å². The summed E-state index contributed by atoms with van der Waals surface area (Å²) in [5, 5.41) is 11.1. The molecule has 108 valence electrons. The molecule has 0 bridgehead atoms. The Labute approximate surface area is 117 Å². The van der Waals surface area contributed by atoms with Crippen molar-refractivity contribution in [2.45, 2.75) is 20.0 Å². The second-order valence-electron chi connectivity index (χ2n) is 4.21. The lowest BCUT2D eigenvalue weighted by Crippen LogP contribution is -2.18. The minimum Gasteiger partial charge on any atom is -0.495 e. The van der Waals surface area contributed by atoms with Crippen LogP contribution in [0, 0.1) is 0 Å². The predicted molar refractivity (Wildman–Crippen MR) is 74.9 cm³/mol. The SMILES string of the molecule is COc1ccc(C=CC(=O)O)cc1NC(=O)OC(C)C. The Bertz CT molecular complexity index is 522. The zero-order chi connectivity index (χ0) is 15.1. The zero-order valence-electron chi connectivity index (χ0n) is 11.5. The number of aliphatic carboxylic acids is 1. The average molecular weight is 279 g/mol. The van der Waals surface area contributed by atoms with Crippen LogP contribution in [0.25, 0.3) is 6.08 Å². The largest absolute Gasteiger partial charge is 0.495 e. The van der Waals surface area contributed by atoms with Crippen LogP contribution >= 0.6 is 0 Å². The molecular weight excluding hydrogens is 262 g/mol. The van der Waals surface area contributed by atoms with Crippen molar-refractivity contribution in [3.05, 3.63) is 29.8 Å². The number of rotatable bonds is 5. The predicted octanol–water partition coefficient (Wildman–Crippen LogP) is 2.75.